The van der Waals surface area contributed by atoms with E-state index in [2.05, 4.69) is 10.6 Å². The minimum absolute atomic E-state index is 0.253. The molecule has 0 aliphatic carbocycles. The van der Waals surface area contributed by atoms with E-state index in [1.807, 2.05) is 7.05 Å². The lowest BCUT2D eigenvalue weighted by Gasteiger charge is -2.00. The van der Waals surface area contributed by atoms with Crippen LogP contribution in [0.1, 0.15) is 6.42 Å². The normalized spacial score (nSPS) is 9.70. The van der Waals surface area contributed by atoms with Crippen molar-refractivity contribution in [1.29, 1.82) is 0 Å². The van der Waals surface area contributed by atoms with E-state index >= 15 is 0 Å². The zero-order valence-corrected chi connectivity index (χ0v) is 6.31. The van der Waals surface area contributed by atoms with Crippen LogP contribution in [0, 0.1) is 0 Å². The van der Waals surface area contributed by atoms with Gasteiger partial charge in [0, 0.05) is 26.1 Å². The molecule has 0 spiro atoms. The number of amides is 1. The average Bonchev–Trinajstić information content (AvgIpc) is 1.87. The molecule has 0 heterocycles. The van der Waals surface area contributed by atoms with E-state index in [9.17, 15) is 4.79 Å². The quantitative estimate of drug-likeness (QED) is 0.406. The van der Waals surface area contributed by atoms with E-state index < -0.39 is 0 Å². The molecule has 0 aromatic heterocycles. The lowest BCUT2D eigenvalue weighted by atomic mass is 10.4. The molecule has 0 saturated carbocycles. The van der Waals surface area contributed by atoms with Gasteiger partial charge < -0.3 is 16.4 Å². The molecule has 4 nitrogen and oxygen atoms in total. The van der Waals surface area contributed by atoms with Crippen molar-refractivity contribution < 1.29 is 4.79 Å². The lowest BCUT2D eigenvalue weighted by Crippen LogP contribution is -2.28. The molecule has 10 heavy (non-hydrogen) atoms. The molecule has 0 unspecified atom stereocenters. The highest BCUT2D eigenvalue weighted by Crippen LogP contribution is 1.70. The first-order chi connectivity index (χ1) is 4.77. The zero-order chi connectivity index (χ0) is 7.82. The van der Waals surface area contributed by atoms with E-state index in [1.54, 1.807) is 0 Å². The summed E-state index contributed by atoms with van der Waals surface area (Å²) in [5, 5.41) is 6.03. The van der Waals surface area contributed by atoms with Crippen molar-refractivity contribution in [2.24, 2.45) is 5.73 Å². The first-order valence-corrected chi connectivity index (χ1v) is 3.41. The number of carbonyl (C=O) groups excluding carboxylic acids is 1. The molecule has 0 aliphatic rings. The van der Waals surface area contributed by atoms with Crippen molar-refractivity contribution in [1.82, 2.24) is 10.6 Å². The minimum atomic E-state index is -0.253. The van der Waals surface area contributed by atoms with Crippen LogP contribution in [0.25, 0.3) is 0 Å². The van der Waals surface area contributed by atoms with E-state index in [0.29, 0.717) is 13.0 Å². The van der Waals surface area contributed by atoms with Crippen molar-refractivity contribution in [3.63, 3.8) is 0 Å². The highest BCUT2D eigenvalue weighted by atomic mass is 16.1. The third-order valence-corrected chi connectivity index (χ3v) is 1.10. The maximum atomic E-state index is 10.2. The van der Waals surface area contributed by atoms with Crippen LogP contribution in [-0.4, -0.2) is 32.6 Å². The Morgan fingerprint density at radius 1 is 1.40 bits per heavy atom. The highest BCUT2D eigenvalue weighted by molar-refractivity contribution is 5.73. The van der Waals surface area contributed by atoms with E-state index in [-0.39, 0.29) is 5.91 Å². The summed E-state index contributed by atoms with van der Waals surface area (Å²) < 4.78 is 0. The minimum Gasteiger partial charge on any atom is -0.370 e. The molecule has 0 rings (SSSR count). The standard InChI is InChI=1S/C6H15N3O/c1-8-4-5-9-3-2-6(7)10/h8-9H,2-5H2,1H3,(H2,7,10). The number of nitrogens with two attached hydrogens (primary N) is 1. The number of rotatable bonds is 6. The van der Waals surface area contributed by atoms with Crippen molar-refractivity contribution in [3.8, 4) is 0 Å². The molecule has 0 aromatic carbocycles. The van der Waals surface area contributed by atoms with Crippen LogP contribution in [0.4, 0.5) is 0 Å². The molecule has 0 bridgehead atoms. The molecule has 60 valence electrons. The topological polar surface area (TPSA) is 67.2 Å². The highest BCUT2D eigenvalue weighted by Gasteiger charge is 1.91. The smallest absolute Gasteiger partial charge is 0.218 e. The maximum absolute atomic E-state index is 10.2. The second-order valence-electron chi connectivity index (χ2n) is 2.07. The molecule has 0 fully saturated rings. The first kappa shape index (κ1) is 9.39. The summed E-state index contributed by atoms with van der Waals surface area (Å²) in [5.74, 6) is -0.253. The van der Waals surface area contributed by atoms with Gasteiger partial charge in [-0.15, -0.1) is 0 Å². The van der Waals surface area contributed by atoms with Crippen LogP contribution in [0.5, 0.6) is 0 Å². The Balaban J connectivity index is 2.84. The van der Waals surface area contributed by atoms with E-state index in [1.165, 1.54) is 0 Å². The maximum Gasteiger partial charge on any atom is 0.218 e. The van der Waals surface area contributed by atoms with Crippen molar-refractivity contribution in [2.45, 2.75) is 6.42 Å². The molecule has 0 aromatic rings. The Morgan fingerprint density at radius 3 is 2.60 bits per heavy atom. The fourth-order valence-corrected chi connectivity index (χ4v) is 0.550. The third-order valence-electron chi connectivity index (χ3n) is 1.10. The molecular formula is C6H15N3O. The van der Waals surface area contributed by atoms with Crippen molar-refractivity contribution in [3.05, 3.63) is 0 Å². The van der Waals surface area contributed by atoms with Gasteiger partial charge in [-0.2, -0.15) is 0 Å². The summed E-state index contributed by atoms with van der Waals surface area (Å²) in [7, 11) is 1.88. The number of primary amides is 1. The zero-order valence-electron chi connectivity index (χ0n) is 6.31. The molecule has 0 radical (unpaired) electrons. The lowest BCUT2D eigenvalue weighted by molar-refractivity contribution is -0.117. The molecule has 4 N–H and O–H groups in total. The monoisotopic (exact) mass is 145 g/mol. The van der Waals surface area contributed by atoms with Crippen LogP contribution >= 0.6 is 0 Å². The van der Waals surface area contributed by atoms with E-state index in [4.69, 9.17) is 5.73 Å². The summed E-state index contributed by atoms with van der Waals surface area (Å²) in [6, 6.07) is 0. The summed E-state index contributed by atoms with van der Waals surface area (Å²) in [5.41, 5.74) is 4.91. The Bertz CT molecular complexity index is 95.0. The summed E-state index contributed by atoms with van der Waals surface area (Å²) in [6.07, 6.45) is 0.420. The molecule has 0 aliphatic heterocycles. The number of hydrogen-bond acceptors (Lipinski definition) is 3. The second-order valence-corrected chi connectivity index (χ2v) is 2.07. The number of likely N-dealkylation sites (N-methyl/N-ethyl adjacent to an activating group) is 1. The van der Waals surface area contributed by atoms with Gasteiger partial charge in [0.15, 0.2) is 0 Å². The number of carbonyl (C=O) groups is 1. The van der Waals surface area contributed by atoms with Gasteiger partial charge in [0.1, 0.15) is 0 Å². The first-order valence-electron chi connectivity index (χ1n) is 3.41. The van der Waals surface area contributed by atoms with Gasteiger partial charge in [-0.05, 0) is 7.05 Å². The van der Waals surface area contributed by atoms with Crippen molar-refractivity contribution in [2.75, 3.05) is 26.7 Å². The van der Waals surface area contributed by atoms with Crippen LogP contribution < -0.4 is 16.4 Å². The molecule has 4 heteroatoms. The molecular weight excluding hydrogens is 130 g/mol. The Labute approximate surface area is 61.2 Å². The summed E-state index contributed by atoms with van der Waals surface area (Å²) in [6.45, 7) is 2.47. The predicted octanol–water partition coefficient (Wildman–Crippen LogP) is -1.33. The van der Waals surface area contributed by atoms with E-state index in [0.717, 1.165) is 13.1 Å². The Hall–Kier alpha value is -0.610. The van der Waals surface area contributed by atoms with Gasteiger partial charge in [0.2, 0.25) is 5.91 Å². The fourth-order valence-electron chi connectivity index (χ4n) is 0.550. The molecule has 1 amide bonds. The fraction of sp³-hybridized carbons (Fsp3) is 0.833. The number of hydrogen-bond donors (Lipinski definition) is 3. The predicted molar refractivity (Wildman–Crippen MR) is 40.6 cm³/mol. The van der Waals surface area contributed by atoms with Crippen LogP contribution in [0.2, 0.25) is 0 Å². The molecule has 0 atom stereocenters. The van der Waals surface area contributed by atoms with Crippen LogP contribution in [0.15, 0.2) is 0 Å². The number of nitrogens with one attached hydrogen (secondary N) is 2. The second kappa shape index (κ2) is 6.51. The van der Waals surface area contributed by atoms with Gasteiger partial charge in [0.25, 0.3) is 0 Å². The van der Waals surface area contributed by atoms with Gasteiger partial charge in [-0.3, -0.25) is 4.79 Å². The summed E-state index contributed by atoms with van der Waals surface area (Å²) in [4.78, 5) is 10.2. The van der Waals surface area contributed by atoms with Gasteiger partial charge in [-0.25, -0.2) is 0 Å². The van der Waals surface area contributed by atoms with Crippen LogP contribution in [0.3, 0.4) is 0 Å². The Kier molecular flexibility index (Phi) is 6.11. The van der Waals surface area contributed by atoms with Gasteiger partial charge in [0.05, 0.1) is 0 Å². The van der Waals surface area contributed by atoms with Crippen molar-refractivity contribution >= 4 is 5.91 Å². The SMILES string of the molecule is CNCCNCCC(N)=O. The van der Waals surface area contributed by atoms with Gasteiger partial charge >= 0.3 is 0 Å². The third kappa shape index (κ3) is 7.39. The van der Waals surface area contributed by atoms with Gasteiger partial charge in [-0.1, -0.05) is 0 Å². The van der Waals surface area contributed by atoms with Crippen LogP contribution in [-0.2, 0) is 4.79 Å². The average molecular weight is 145 g/mol. The largest absolute Gasteiger partial charge is 0.370 e. The molecule has 0 saturated heterocycles. The Morgan fingerprint density at radius 2 is 2.10 bits per heavy atom. The summed E-state index contributed by atoms with van der Waals surface area (Å²) >= 11 is 0.